The predicted octanol–water partition coefficient (Wildman–Crippen LogP) is 5.24. The zero-order valence-corrected chi connectivity index (χ0v) is 15.3. The molecule has 1 aromatic heterocycles. The summed E-state index contributed by atoms with van der Waals surface area (Å²) in [6.07, 6.45) is 4.98. The summed E-state index contributed by atoms with van der Waals surface area (Å²) in [7, 11) is 0. The van der Waals surface area contributed by atoms with Gasteiger partial charge in [-0.3, -0.25) is 4.68 Å². The number of rotatable bonds is 4. The first-order chi connectivity index (χ1) is 9.43. The summed E-state index contributed by atoms with van der Waals surface area (Å²) in [4.78, 5) is 0.620. The number of aryl methyl sites for hydroxylation is 2. The zero-order chi connectivity index (χ0) is 14.9. The summed E-state index contributed by atoms with van der Waals surface area (Å²) >= 11 is 10.4. The van der Waals surface area contributed by atoms with Crippen LogP contribution in [-0.4, -0.2) is 14.6 Å². The van der Waals surface area contributed by atoms with Gasteiger partial charge in [0, 0.05) is 11.4 Å². The Bertz CT molecular complexity index is 456. The summed E-state index contributed by atoms with van der Waals surface area (Å²) in [5.74, 6) is 2.31. The molecular formula is C16H26BrClN2. The van der Waals surface area contributed by atoms with Gasteiger partial charge in [-0.05, 0) is 57.3 Å². The molecule has 1 fully saturated rings. The van der Waals surface area contributed by atoms with Crippen LogP contribution in [0.25, 0.3) is 0 Å². The van der Waals surface area contributed by atoms with Crippen LogP contribution in [0.1, 0.15) is 51.4 Å². The summed E-state index contributed by atoms with van der Waals surface area (Å²) in [6.45, 7) is 9.74. The molecule has 0 saturated heterocycles. The molecule has 3 unspecified atom stereocenters. The topological polar surface area (TPSA) is 17.8 Å². The van der Waals surface area contributed by atoms with Crippen LogP contribution in [0.3, 0.4) is 0 Å². The smallest absolute Gasteiger partial charge is 0.0847 e. The highest BCUT2D eigenvalue weighted by atomic mass is 79.9. The standard InChI is InChI=1S/C16H26BrClN2/c1-5-20-15(16(18)11(4)19-20)9-13-8-12(10(2)3)6-7-14(13)17/h10,12-14H,5-9H2,1-4H3. The van der Waals surface area contributed by atoms with Crippen LogP contribution in [0.2, 0.25) is 5.02 Å². The van der Waals surface area contributed by atoms with Crippen molar-refractivity contribution in [3.8, 4) is 0 Å². The molecule has 4 heteroatoms. The summed E-state index contributed by atoms with van der Waals surface area (Å²) in [5, 5.41) is 5.42. The third-order valence-electron chi connectivity index (χ3n) is 4.78. The maximum atomic E-state index is 6.46. The minimum atomic E-state index is 0.620. The summed E-state index contributed by atoms with van der Waals surface area (Å²) in [5.41, 5.74) is 2.19. The van der Waals surface area contributed by atoms with Crippen LogP contribution in [0.4, 0.5) is 0 Å². The Morgan fingerprint density at radius 1 is 1.40 bits per heavy atom. The maximum Gasteiger partial charge on any atom is 0.0847 e. The van der Waals surface area contributed by atoms with Gasteiger partial charge in [0.25, 0.3) is 0 Å². The number of hydrogen-bond donors (Lipinski definition) is 0. The molecule has 0 bridgehead atoms. The minimum Gasteiger partial charge on any atom is -0.268 e. The van der Waals surface area contributed by atoms with E-state index < -0.39 is 0 Å². The fourth-order valence-corrected chi connectivity index (χ4v) is 4.27. The lowest BCUT2D eigenvalue weighted by molar-refractivity contribution is 0.220. The molecule has 20 heavy (non-hydrogen) atoms. The Morgan fingerprint density at radius 3 is 2.70 bits per heavy atom. The van der Waals surface area contributed by atoms with Crippen LogP contribution in [0, 0.1) is 24.7 Å². The number of alkyl halides is 1. The van der Waals surface area contributed by atoms with Gasteiger partial charge in [-0.25, -0.2) is 0 Å². The fourth-order valence-electron chi connectivity index (χ4n) is 3.39. The minimum absolute atomic E-state index is 0.620. The molecule has 1 saturated carbocycles. The molecule has 0 N–H and O–H groups in total. The van der Waals surface area contributed by atoms with Crippen molar-refractivity contribution < 1.29 is 0 Å². The van der Waals surface area contributed by atoms with Crippen LogP contribution < -0.4 is 0 Å². The molecule has 0 amide bonds. The quantitative estimate of drug-likeness (QED) is 0.670. The van der Waals surface area contributed by atoms with Crippen molar-refractivity contribution in [2.75, 3.05) is 0 Å². The summed E-state index contributed by atoms with van der Waals surface area (Å²) in [6, 6.07) is 0. The van der Waals surface area contributed by atoms with Crippen LogP contribution >= 0.6 is 27.5 Å². The van der Waals surface area contributed by atoms with E-state index in [1.165, 1.54) is 25.0 Å². The second-order valence-electron chi connectivity index (χ2n) is 6.46. The van der Waals surface area contributed by atoms with Crippen LogP contribution in [-0.2, 0) is 13.0 Å². The molecule has 0 spiro atoms. The third kappa shape index (κ3) is 3.41. The molecule has 114 valence electrons. The maximum absolute atomic E-state index is 6.46. The van der Waals surface area contributed by atoms with Crippen molar-refractivity contribution in [3.05, 3.63) is 16.4 Å². The van der Waals surface area contributed by atoms with Crippen molar-refractivity contribution in [2.24, 2.45) is 17.8 Å². The molecule has 0 aromatic carbocycles. The Morgan fingerprint density at radius 2 is 2.10 bits per heavy atom. The van der Waals surface area contributed by atoms with E-state index in [1.54, 1.807) is 0 Å². The van der Waals surface area contributed by atoms with Gasteiger partial charge in [0.15, 0.2) is 0 Å². The van der Waals surface area contributed by atoms with E-state index in [0.717, 1.165) is 35.5 Å². The molecule has 2 rings (SSSR count). The number of nitrogens with zero attached hydrogens (tertiary/aromatic N) is 2. The van der Waals surface area contributed by atoms with E-state index in [4.69, 9.17) is 11.6 Å². The molecule has 1 aliphatic carbocycles. The van der Waals surface area contributed by atoms with E-state index in [-0.39, 0.29) is 0 Å². The van der Waals surface area contributed by atoms with Crippen LogP contribution in [0.5, 0.6) is 0 Å². The van der Waals surface area contributed by atoms with Gasteiger partial charge in [-0.15, -0.1) is 0 Å². The van der Waals surface area contributed by atoms with Gasteiger partial charge in [-0.1, -0.05) is 41.4 Å². The van der Waals surface area contributed by atoms with Crippen LogP contribution in [0.15, 0.2) is 0 Å². The normalized spacial score (nSPS) is 27.2. The van der Waals surface area contributed by atoms with Crippen molar-refractivity contribution in [1.82, 2.24) is 9.78 Å². The molecule has 0 aliphatic heterocycles. The van der Waals surface area contributed by atoms with Gasteiger partial charge >= 0.3 is 0 Å². The van der Waals surface area contributed by atoms with Crippen molar-refractivity contribution in [1.29, 1.82) is 0 Å². The molecule has 0 radical (unpaired) electrons. The van der Waals surface area contributed by atoms with Crippen molar-refractivity contribution in [3.63, 3.8) is 0 Å². The van der Waals surface area contributed by atoms with E-state index in [1.807, 2.05) is 6.92 Å². The SMILES string of the molecule is CCn1nc(C)c(Cl)c1CC1CC(C(C)C)CCC1Br. The number of aromatic nitrogens is 2. The average molecular weight is 362 g/mol. The number of hydrogen-bond acceptors (Lipinski definition) is 1. The van der Waals surface area contributed by atoms with E-state index in [9.17, 15) is 0 Å². The summed E-state index contributed by atoms with van der Waals surface area (Å²) < 4.78 is 2.08. The first kappa shape index (κ1) is 16.4. The highest BCUT2D eigenvalue weighted by Crippen LogP contribution is 2.39. The number of halogens is 2. The van der Waals surface area contributed by atoms with Crippen molar-refractivity contribution >= 4 is 27.5 Å². The highest BCUT2D eigenvalue weighted by molar-refractivity contribution is 9.09. The van der Waals surface area contributed by atoms with E-state index >= 15 is 0 Å². The van der Waals surface area contributed by atoms with Gasteiger partial charge in [-0.2, -0.15) is 5.10 Å². The van der Waals surface area contributed by atoms with Gasteiger partial charge in [0.2, 0.25) is 0 Å². The molecular weight excluding hydrogens is 336 g/mol. The fraction of sp³-hybridized carbons (Fsp3) is 0.812. The van der Waals surface area contributed by atoms with Gasteiger partial charge in [0.05, 0.1) is 16.4 Å². The second kappa shape index (κ2) is 6.83. The highest BCUT2D eigenvalue weighted by Gasteiger charge is 2.31. The first-order valence-corrected chi connectivity index (χ1v) is 9.09. The predicted molar refractivity (Wildman–Crippen MR) is 89.7 cm³/mol. The lowest BCUT2D eigenvalue weighted by atomic mass is 9.74. The second-order valence-corrected chi connectivity index (χ2v) is 8.01. The zero-order valence-electron chi connectivity index (χ0n) is 13.0. The molecule has 1 aromatic rings. The molecule has 3 atom stereocenters. The third-order valence-corrected chi connectivity index (χ3v) is 6.48. The van der Waals surface area contributed by atoms with Gasteiger partial charge in [0.1, 0.15) is 0 Å². The van der Waals surface area contributed by atoms with Crippen molar-refractivity contribution in [2.45, 2.75) is 64.8 Å². The molecule has 1 heterocycles. The van der Waals surface area contributed by atoms with E-state index in [2.05, 4.69) is 46.5 Å². The lowest BCUT2D eigenvalue weighted by Gasteiger charge is -2.35. The van der Waals surface area contributed by atoms with E-state index in [0.29, 0.717) is 10.7 Å². The molecule has 1 aliphatic rings. The Kier molecular flexibility index (Phi) is 5.58. The monoisotopic (exact) mass is 360 g/mol. The Labute approximate surface area is 136 Å². The average Bonchev–Trinajstić information content (AvgIpc) is 2.68. The first-order valence-electron chi connectivity index (χ1n) is 7.79. The molecule has 2 nitrogen and oxygen atoms in total. The largest absolute Gasteiger partial charge is 0.268 e. The Hall–Kier alpha value is -0.0200. The lowest BCUT2D eigenvalue weighted by Crippen LogP contribution is -2.29. The van der Waals surface area contributed by atoms with Gasteiger partial charge < -0.3 is 0 Å². The Balaban J connectivity index is 2.15.